The lowest BCUT2D eigenvalue weighted by Gasteiger charge is -2.04. The summed E-state index contributed by atoms with van der Waals surface area (Å²) >= 11 is 1.63. The molecule has 0 radical (unpaired) electrons. The number of hydrogen-bond donors (Lipinski definition) is 1. The molecular weight excluding hydrogens is 268 g/mol. The average Bonchev–Trinajstić information content (AvgIpc) is 2.47. The van der Waals surface area contributed by atoms with Crippen molar-refractivity contribution in [2.24, 2.45) is 0 Å². The lowest BCUT2D eigenvalue weighted by molar-refractivity contribution is 0.706. The second-order valence-corrected chi connectivity index (χ2v) is 5.79. The van der Waals surface area contributed by atoms with Gasteiger partial charge in [0.15, 0.2) is 5.16 Å². The number of nitrogens with zero attached hydrogens (tertiary/aromatic N) is 1. The number of thioether (sulfide) groups is 1. The van der Waals surface area contributed by atoms with Crippen molar-refractivity contribution in [1.82, 2.24) is 9.97 Å². The fraction of sp³-hybridized carbons (Fsp3) is 0.375. The Morgan fingerprint density at radius 2 is 1.95 bits per heavy atom. The average molecular weight is 288 g/mol. The summed E-state index contributed by atoms with van der Waals surface area (Å²) < 4.78 is 0. The number of nitrogens with one attached hydrogen (secondary N) is 1. The van der Waals surface area contributed by atoms with E-state index in [0.717, 1.165) is 23.4 Å². The van der Waals surface area contributed by atoms with Crippen molar-refractivity contribution in [3.63, 3.8) is 0 Å². The van der Waals surface area contributed by atoms with Gasteiger partial charge in [0, 0.05) is 17.4 Å². The van der Waals surface area contributed by atoms with E-state index in [9.17, 15) is 4.79 Å². The highest BCUT2D eigenvalue weighted by Gasteiger charge is 2.04. The Kier molecular flexibility index (Phi) is 5.87. The van der Waals surface area contributed by atoms with Gasteiger partial charge in [-0.25, -0.2) is 4.98 Å². The van der Waals surface area contributed by atoms with Gasteiger partial charge in [-0.2, -0.15) is 0 Å². The first-order chi connectivity index (χ1) is 9.79. The molecule has 0 unspecified atom stereocenters. The fourth-order valence-corrected chi connectivity index (χ4v) is 2.84. The molecule has 3 nitrogen and oxygen atoms in total. The predicted molar refractivity (Wildman–Crippen MR) is 85.2 cm³/mol. The lowest BCUT2D eigenvalue weighted by atomic mass is 10.1. The van der Waals surface area contributed by atoms with Crippen LogP contribution in [-0.4, -0.2) is 15.7 Å². The normalized spacial score (nSPS) is 10.7. The third kappa shape index (κ3) is 4.53. The first kappa shape index (κ1) is 14.9. The van der Waals surface area contributed by atoms with Crippen LogP contribution in [0.15, 0.2) is 46.3 Å². The summed E-state index contributed by atoms with van der Waals surface area (Å²) in [6, 6.07) is 11.4. The molecule has 1 heterocycles. The quantitative estimate of drug-likeness (QED) is 0.474. The minimum atomic E-state index is -0.0880. The predicted octanol–water partition coefficient (Wildman–Crippen LogP) is 4.11. The van der Waals surface area contributed by atoms with E-state index in [4.69, 9.17) is 0 Å². The lowest BCUT2D eigenvalue weighted by Crippen LogP contribution is -2.08. The molecule has 0 aliphatic heterocycles. The second-order valence-electron chi connectivity index (χ2n) is 4.71. The van der Waals surface area contributed by atoms with Crippen molar-refractivity contribution >= 4 is 11.8 Å². The van der Waals surface area contributed by atoms with E-state index in [0.29, 0.717) is 5.16 Å². The highest BCUT2D eigenvalue weighted by atomic mass is 32.2. The van der Waals surface area contributed by atoms with E-state index < -0.39 is 0 Å². The number of aromatic amines is 1. The van der Waals surface area contributed by atoms with Crippen molar-refractivity contribution < 1.29 is 0 Å². The van der Waals surface area contributed by atoms with Gasteiger partial charge in [-0.05, 0) is 6.42 Å². The first-order valence-corrected chi connectivity index (χ1v) is 8.07. The third-order valence-electron chi connectivity index (χ3n) is 3.03. The smallest absolute Gasteiger partial charge is 0.252 e. The van der Waals surface area contributed by atoms with Crippen molar-refractivity contribution in [3.8, 4) is 11.3 Å². The molecule has 0 fully saturated rings. The standard InChI is InChI=1S/C16H20N2OS/c1-2-3-4-8-11-20-16-17-14(12-15(19)18-16)13-9-6-5-7-10-13/h5-7,9-10,12H,2-4,8,11H2,1H3,(H,17,18,19). The maximum atomic E-state index is 11.7. The highest BCUT2D eigenvalue weighted by Crippen LogP contribution is 2.19. The van der Waals surface area contributed by atoms with Gasteiger partial charge >= 0.3 is 0 Å². The van der Waals surface area contributed by atoms with Crippen LogP contribution in [0.3, 0.4) is 0 Å². The summed E-state index contributed by atoms with van der Waals surface area (Å²) in [4.78, 5) is 19.0. The SMILES string of the molecule is CCCCCCSc1nc(-c2ccccc2)cc(=O)[nH]1. The van der Waals surface area contributed by atoms with Crippen LogP contribution in [0.25, 0.3) is 11.3 Å². The van der Waals surface area contributed by atoms with E-state index in [1.807, 2.05) is 30.3 Å². The van der Waals surface area contributed by atoms with Crippen LogP contribution in [-0.2, 0) is 0 Å². The van der Waals surface area contributed by atoms with E-state index in [1.54, 1.807) is 17.8 Å². The zero-order valence-electron chi connectivity index (χ0n) is 11.8. The van der Waals surface area contributed by atoms with Gasteiger partial charge in [0.25, 0.3) is 5.56 Å². The van der Waals surface area contributed by atoms with Crippen LogP contribution in [0.5, 0.6) is 0 Å². The van der Waals surface area contributed by atoms with Crippen LogP contribution in [0, 0.1) is 0 Å². The van der Waals surface area contributed by atoms with Crippen LogP contribution in [0.1, 0.15) is 32.6 Å². The molecule has 2 rings (SSSR count). The van der Waals surface area contributed by atoms with Crippen molar-refractivity contribution in [1.29, 1.82) is 0 Å². The van der Waals surface area contributed by atoms with Gasteiger partial charge in [-0.15, -0.1) is 0 Å². The second kappa shape index (κ2) is 7.90. The molecule has 1 aromatic heterocycles. The van der Waals surface area contributed by atoms with Crippen molar-refractivity contribution in [3.05, 3.63) is 46.8 Å². The Labute approximate surface area is 123 Å². The van der Waals surface area contributed by atoms with Gasteiger partial charge in [-0.1, -0.05) is 68.3 Å². The van der Waals surface area contributed by atoms with Crippen LogP contribution in [0.2, 0.25) is 0 Å². The Bertz CT molecular complexity index is 581. The monoisotopic (exact) mass is 288 g/mol. The molecule has 0 amide bonds. The van der Waals surface area contributed by atoms with Gasteiger partial charge < -0.3 is 4.98 Å². The van der Waals surface area contributed by atoms with Crippen LogP contribution >= 0.6 is 11.8 Å². The summed E-state index contributed by atoms with van der Waals surface area (Å²) in [6.45, 7) is 2.20. The molecule has 0 atom stereocenters. The fourth-order valence-electron chi connectivity index (χ4n) is 1.96. The number of aromatic nitrogens is 2. The number of hydrogen-bond acceptors (Lipinski definition) is 3. The maximum absolute atomic E-state index is 11.7. The van der Waals surface area contributed by atoms with Gasteiger partial charge in [0.05, 0.1) is 5.69 Å². The highest BCUT2D eigenvalue weighted by molar-refractivity contribution is 7.99. The van der Waals surface area contributed by atoms with E-state index in [2.05, 4.69) is 16.9 Å². The summed E-state index contributed by atoms with van der Waals surface area (Å²) in [5.74, 6) is 1.00. The van der Waals surface area contributed by atoms with E-state index >= 15 is 0 Å². The number of unbranched alkanes of at least 4 members (excludes halogenated alkanes) is 3. The van der Waals surface area contributed by atoms with Gasteiger partial charge in [0.2, 0.25) is 0 Å². The molecule has 20 heavy (non-hydrogen) atoms. The molecule has 0 spiro atoms. The summed E-state index contributed by atoms with van der Waals surface area (Å²) in [6.07, 6.45) is 4.92. The largest absolute Gasteiger partial charge is 0.301 e. The number of H-pyrrole nitrogens is 1. The molecule has 0 aliphatic rings. The summed E-state index contributed by atoms with van der Waals surface area (Å²) in [7, 11) is 0. The number of rotatable bonds is 7. The molecule has 106 valence electrons. The molecule has 0 saturated heterocycles. The molecular formula is C16H20N2OS. The minimum Gasteiger partial charge on any atom is -0.301 e. The molecule has 1 aromatic carbocycles. The Hall–Kier alpha value is -1.55. The van der Waals surface area contributed by atoms with Gasteiger partial charge in [0.1, 0.15) is 0 Å². The minimum absolute atomic E-state index is 0.0880. The molecule has 0 aliphatic carbocycles. The molecule has 0 saturated carbocycles. The molecule has 0 bridgehead atoms. The topological polar surface area (TPSA) is 45.8 Å². The summed E-state index contributed by atoms with van der Waals surface area (Å²) in [5.41, 5.74) is 1.63. The zero-order valence-corrected chi connectivity index (χ0v) is 12.6. The zero-order chi connectivity index (χ0) is 14.2. The van der Waals surface area contributed by atoms with Crippen molar-refractivity contribution in [2.75, 3.05) is 5.75 Å². The first-order valence-electron chi connectivity index (χ1n) is 7.09. The Morgan fingerprint density at radius 3 is 2.70 bits per heavy atom. The maximum Gasteiger partial charge on any atom is 0.252 e. The van der Waals surface area contributed by atoms with Crippen molar-refractivity contribution in [2.45, 2.75) is 37.8 Å². The Balaban J connectivity index is 2.04. The van der Waals surface area contributed by atoms with Crippen LogP contribution in [0.4, 0.5) is 0 Å². The third-order valence-corrected chi connectivity index (χ3v) is 3.99. The molecule has 4 heteroatoms. The van der Waals surface area contributed by atoms with Crippen LogP contribution < -0.4 is 5.56 Å². The van der Waals surface area contributed by atoms with E-state index in [-0.39, 0.29) is 5.56 Å². The number of benzene rings is 1. The van der Waals surface area contributed by atoms with E-state index in [1.165, 1.54) is 19.3 Å². The molecule has 1 N–H and O–H groups in total. The van der Waals surface area contributed by atoms with Gasteiger partial charge in [-0.3, -0.25) is 4.79 Å². The Morgan fingerprint density at radius 1 is 1.15 bits per heavy atom. The molecule has 2 aromatic rings. The summed E-state index contributed by atoms with van der Waals surface area (Å²) in [5, 5.41) is 0.716.